The van der Waals surface area contributed by atoms with E-state index in [0.29, 0.717) is 0 Å². The van der Waals surface area contributed by atoms with Gasteiger partial charge in [-0.3, -0.25) is 4.79 Å². The maximum absolute atomic E-state index is 12.2. The smallest absolute Gasteiger partial charge is 0.327 e. The van der Waals surface area contributed by atoms with Crippen LogP contribution >= 0.6 is 23.2 Å². The van der Waals surface area contributed by atoms with Gasteiger partial charge in [-0.2, -0.15) is 0 Å². The normalized spacial score (nSPS) is 12.8. The summed E-state index contributed by atoms with van der Waals surface area (Å²) in [6, 6.07) is 2.54. The predicted molar refractivity (Wildman–Crippen MR) is 73.8 cm³/mol. The van der Waals surface area contributed by atoms with Crippen LogP contribution in [0.5, 0.6) is 0 Å². The van der Waals surface area contributed by atoms with Gasteiger partial charge in [0.2, 0.25) is 5.91 Å². The van der Waals surface area contributed by atoms with Crippen molar-refractivity contribution in [3.05, 3.63) is 28.2 Å². The van der Waals surface area contributed by atoms with Crippen molar-refractivity contribution >= 4 is 44.9 Å². The summed E-state index contributed by atoms with van der Waals surface area (Å²) in [7, 11) is -4.07. The number of carboxylic acids is 1. The Morgan fingerprint density at radius 3 is 2.20 bits per heavy atom. The third-order valence-corrected chi connectivity index (χ3v) is 4.98. The standard InChI is InChI=1S/C11H11Cl2NO5S/c1-6(15)14-9(11(16)17)5-20(18,19)10-7(12)3-2-4-8(10)13/h2-4,9H,5H2,1H3,(H,14,15)(H,16,17). The molecule has 0 aromatic heterocycles. The summed E-state index contributed by atoms with van der Waals surface area (Å²) in [6.07, 6.45) is 0. The lowest BCUT2D eigenvalue weighted by Gasteiger charge is -2.15. The van der Waals surface area contributed by atoms with Crippen molar-refractivity contribution in [1.82, 2.24) is 5.32 Å². The van der Waals surface area contributed by atoms with Gasteiger partial charge in [-0.1, -0.05) is 29.3 Å². The summed E-state index contributed by atoms with van der Waals surface area (Å²) in [5.41, 5.74) is 0. The zero-order valence-corrected chi connectivity index (χ0v) is 12.6. The highest BCUT2D eigenvalue weighted by molar-refractivity contribution is 7.91. The molecule has 1 atom stereocenters. The van der Waals surface area contributed by atoms with Crippen molar-refractivity contribution in [2.45, 2.75) is 17.9 Å². The molecular formula is C11H11Cl2NO5S. The number of carboxylic acid groups (broad SMARTS) is 1. The van der Waals surface area contributed by atoms with E-state index < -0.39 is 33.5 Å². The van der Waals surface area contributed by atoms with E-state index in [0.717, 1.165) is 6.92 Å². The highest BCUT2D eigenvalue weighted by Gasteiger charge is 2.30. The minimum Gasteiger partial charge on any atom is -0.480 e. The van der Waals surface area contributed by atoms with Crippen LogP contribution in [-0.4, -0.2) is 37.2 Å². The Morgan fingerprint density at radius 1 is 1.30 bits per heavy atom. The zero-order valence-electron chi connectivity index (χ0n) is 10.3. The Labute approximate surface area is 125 Å². The van der Waals surface area contributed by atoms with Gasteiger partial charge in [0.25, 0.3) is 0 Å². The first-order valence-electron chi connectivity index (χ1n) is 5.32. The van der Waals surface area contributed by atoms with Crippen LogP contribution in [0.15, 0.2) is 23.1 Å². The van der Waals surface area contributed by atoms with E-state index in [1.54, 1.807) is 0 Å². The summed E-state index contributed by atoms with van der Waals surface area (Å²) in [4.78, 5) is 21.5. The molecule has 0 aliphatic heterocycles. The Bertz CT molecular complexity index is 624. The number of carbonyl (C=O) groups excluding carboxylic acids is 1. The maximum Gasteiger partial charge on any atom is 0.327 e. The molecule has 0 radical (unpaired) electrons. The molecule has 0 saturated carbocycles. The molecule has 0 fully saturated rings. The Balaban J connectivity index is 3.17. The average Bonchev–Trinajstić information content (AvgIpc) is 2.26. The topological polar surface area (TPSA) is 101 Å². The van der Waals surface area contributed by atoms with Gasteiger partial charge in [0, 0.05) is 6.92 Å². The lowest BCUT2D eigenvalue weighted by molar-refractivity contribution is -0.140. The molecule has 20 heavy (non-hydrogen) atoms. The van der Waals surface area contributed by atoms with Gasteiger partial charge in [0.05, 0.1) is 15.8 Å². The maximum atomic E-state index is 12.2. The molecule has 0 bridgehead atoms. The van der Waals surface area contributed by atoms with Crippen molar-refractivity contribution in [3.63, 3.8) is 0 Å². The van der Waals surface area contributed by atoms with Crippen LogP contribution in [0.3, 0.4) is 0 Å². The molecule has 2 N–H and O–H groups in total. The summed E-state index contributed by atoms with van der Waals surface area (Å²) >= 11 is 11.6. The summed E-state index contributed by atoms with van der Waals surface area (Å²) < 4.78 is 24.4. The van der Waals surface area contributed by atoms with Gasteiger partial charge in [-0.15, -0.1) is 0 Å². The highest BCUT2D eigenvalue weighted by Crippen LogP contribution is 2.30. The van der Waals surface area contributed by atoms with Gasteiger partial charge < -0.3 is 10.4 Å². The number of sulfone groups is 1. The highest BCUT2D eigenvalue weighted by atomic mass is 35.5. The quantitative estimate of drug-likeness (QED) is 0.843. The molecule has 0 spiro atoms. The first-order chi connectivity index (χ1) is 9.15. The van der Waals surface area contributed by atoms with Gasteiger partial charge in [-0.25, -0.2) is 13.2 Å². The molecule has 1 aromatic rings. The molecule has 0 saturated heterocycles. The summed E-state index contributed by atoms with van der Waals surface area (Å²) in [5, 5.41) is 10.8. The van der Waals surface area contributed by atoms with Crippen molar-refractivity contribution in [2.24, 2.45) is 0 Å². The number of carbonyl (C=O) groups is 2. The predicted octanol–water partition coefficient (Wildman–Crippen LogP) is 1.36. The Kier molecular flexibility index (Phi) is 5.38. The molecule has 1 amide bonds. The number of hydrogen-bond acceptors (Lipinski definition) is 4. The van der Waals surface area contributed by atoms with Gasteiger partial charge >= 0.3 is 5.97 Å². The molecule has 0 aliphatic rings. The van der Waals surface area contributed by atoms with Crippen LogP contribution in [0.2, 0.25) is 10.0 Å². The van der Waals surface area contributed by atoms with Crippen LogP contribution < -0.4 is 5.32 Å². The fourth-order valence-corrected chi connectivity index (χ4v) is 4.17. The van der Waals surface area contributed by atoms with Crippen molar-refractivity contribution in [3.8, 4) is 0 Å². The number of benzene rings is 1. The van der Waals surface area contributed by atoms with E-state index in [4.69, 9.17) is 28.3 Å². The molecule has 1 rings (SSSR count). The van der Waals surface area contributed by atoms with Crippen molar-refractivity contribution < 1.29 is 23.1 Å². The van der Waals surface area contributed by atoms with Crippen molar-refractivity contribution in [1.29, 1.82) is 0 Å². The van der Waals surface area contributed by atoms with E-state index in [9.17, 15) is 18.0 Å². The number of aliphatic carboxylic acids is 1. The lowest BCUT2D eigenvalue weighted by Crippen LogP contribution is -2.44. The second-order valence-corrected chi connectivity index (χ2v) is 6.71. The van der Waals surface area contributed by atoms with E-state index in [1.165, 1.54) is 18.2 Å². The van der Waals surface area contributed by atoms with Crippen LogP contribution in [0.1, 0.15) is 6.92 Å². The van der Waals surface area contributed by atoms with E-state index in [1.807, 2.05) is 5.32 Å². The van der Waals surface area contributed by atoms with Crippen LogP contribution in [0.4, 0.5) is 0 Å². The lowest BCUT2D eigenvalue weighted by atomic mass is 10.3. The van der Waals surface area contributed by atoms with Gasteiger partial charge in [0.1, 0.15) is 10.9 Å². The monoisotopic (exact) mass is 339 g/mol. The van der Waals surface area contributed by atoms with Crippen molar-refractivity contribution in [2.75, 3.05) is 5.75 Å². The van der Waals surface area contributed by atoms with Gasteiger partial charge in [0.15, 0.2) is 9.84 Å². The fourth-order valence-electron chi connectivity index (χ4n) is 1.50. The largest absolute Gasteiger partial charge is 0.480 e. The third kappa shape index (κ3) is 4.09. The van der Waals surface area contributed by atoms with Crippen LogP contribution in [0.25, 0.3) is 0 Å². The number of halogens is 2. The van der Waals surface area contributed by atoms with Gasteiger partial charge in [-0.05, 0) is 12.1 Å². The Hall–Kier alpha value is -1.31. The Morgan fingerprint density at radius 2 is 1.80 bits per heavy atom. The molecule has 6 nitrogen and oxygen atoms in total. The van der Waals surface area contributed by atoms with E-state index >= 15 is 0 Å². The molecule has 1 aromatic carbocycles. The third-order valence-electron chi connectivity index (χ3n) is 2.29. The van der Waals surface area contributed by atoms with E-state index in [-0.39, 0.29) is 14.9 Å². The molecule has 0 heterocycles. The van der Waals surface area contributed by atoms with Crippen LogP contribution in [-0.2, 0) is 19.4 Å². The minimum atomic E-state index is -4.07. The second kappa shape index (κ2) is 6.43. The number of nitrogens with one attached hydrogen (secondary N) is 1. The van der Waals surface area contributed by atoms with Crippen LogP contribution in [0, 0.1) is 0 Å². The first kappa shape index (κ1) is 16.7. The number of amides is 1. The molecular weight excluding hydrogens is 329 g/mol. The average molecular weight is 340 g/mol. The summed E-state index contributed by atoms with van der Waals surface area (Å²) in [5.74, 6) is -2.96. The first-order valence-corrected chi connectivity index (χ1v) is 7.72. The molecule has 0 aliphatic carbocycles. The number of rotatable bonds is 5. The zero-order chi connectivity index (χ0) is 15.5. The second-order valence-electron chi connectivity index (χ2n) is 3.92. The SMILES string of the molecule is CC(=O)NC(CS(=O)(=O)c1c(Cl)cccc1Cl)C(=O)O. The minimum absolute atomic E-state index is 0.107. The fraction of sp³-hybridized carbons (Fsp3) is 0.273. The molecule has 9 heteroatoms. The van der Waals surface area contributed by atoms with E-state index in [2.05, 4.69) is 0 Å². The summed E-state index contributed by atoms with van der Waals surface area (Å²) in [6.45, 7) is 1.09. The number of hydrogen-bond donors (Lipinski definition) is 2. The molecule has 110 valence electrons. The molecule has 1 unspecified atom stereocenters.